The van der Waals surface area contributed by atoms with Crippen molar-refractivity contribution in [2.24, 2.45) is 7.05 Å². The van der Waals surface area contributed by atoms with Crippen LogP contribution in [0, 0.1) is 13.8 Å². The average Bonchev–Trinajstić information content (AvgIpc) is 2.75. The summed E-state index contributed by atoms with van der Waals surface area (Å²) < 4.78 is 2.14. The number of nitrogens with zero attached hydrogens (tertiary/aromatic N) is 2. The van der Waals surface area contributed by atoms with Crippen molar-refractivity contribution in [3.63, 3.8) is 0 Å². The van der Waals surface area contributed by atoms with Gasteiger partial charge in [0.1, 0.15) is 0 Å². The second kappa shape index (κ2) is 4.80. The van der Waals surface area contributed by atoms with Crippen LogP contribution in [-0.4, -0.2) is 9.55 Å². The number of nitrogens with one attached hydrogen (secondary N) is 1. The average molecular weight is 235 g/mol. The second-order valence-corrected chi connectivity index (χ2v) is 5.24. The van der Waals surface area contributed by atoms with Crippen molar-refractivity contribution in [3.8, 4) is 0 Å². The number of hydrogen-bond donors (Lipinski definition) is 1. The highest BCUT2D eigenvalue weighted by molar-refractivity contribution is 7.11. The predicted octanol–water partition coefficient (Wildman–Crippen LogP) is 2.39. The highest BCUT2D eigenvalue weighted by atomic mass is 32.1. The third kappa shape index (κ3) is 2.51. The fourth-order valence-electron chi connectivity index (χ4n) is 1.72. The number of rotatable bonds is 4. The zero-order valence-electron chi connectivity index (χ0n) is 9.95. The monoisotopic (exact) mass is 235 g/mol. The lowest BCUT2D eigenvalue weighted by Crippen LogP contribution is -2.14. The Balaban J connectivity index is 1.89. The van der Waals surface area contributed by atoms with Gasteiger partial charge in [0.2, 0.25) is 0 Å². The van der Waals surface area contributed by atoms with Gasteiger partial charge >= 0.3 is 0 Å². The quantitative estimate of drug-likeness (QED) is 0.882. The molecule has 0 atom stereocenters. The molecule has 0 saturated heterocycles. The summed E-state index contributed by atoms with van der Waals surface area (Å²) in [5.41, 5.74) is 2.46. The second-order valence-electron chi connectivity index (χ2n) is 3.96. The summed E-state index contributed by atoms with van der Waals surface area (Å²) in [6.45, 7) is 5.93. The Bertz CT molecular complexity index is 470. The minimum atomic E-state index is 0.903. The lowest BCUT2D eigenvalue weighted by molar-refractivity contribution is 0.658. The van der Waals surface area contributed by atoms with Gasteiger partial charge in [0.15, 0.2) is 0 Å². The van der Waals surface area contributed by atoms with Crippen LogP contribution in [0.3, 0.4) is 0 Å². The predicted molar refractivity (Wildman–Crippen MR) is 67.5 cm³/mol. The van der Waals surface area contributed by atoms with Crippen molar-refractivity contribution in [1.82, 2.24) is 14.9 Å². The minimum absolute atomic E-state index is 0.903. The largest absolute Gasteiger partial charge is 0.353 e. The molecule has 2 aromatic rings. The van der Waals surface area contributed by atoms with Gasteiger partial charge in [-0.1, -0.05) is 0 Å². The van der Waals surface area contributed by atoms with Crippen LogP contribution in [0.4, 0.5) is 0 Å². The van der Waals surface area contributed by atoms with Crippen LogP contribution in [0.15, 0.2) is 18.3 Å². The summed E-state index contributed by atoms with van der Waals surface area (Å²) in [6, 6.07) is 4.21. The molecular weight excluding hydrogens is 218 g/mol. The van der Waals surface area contributed by atoms with Crippen molar-refractivity contribution in [2.45, 2.75) is 26.9 Å². The molecule has 2 rings (SSSR count). The Morgan fingerprint density at radius 3 is 2.75 bits per heavy atom. The summed E-state index contributed by atoms with van der Waals surface area (Å²) in [5, 5.41) is 4.60. The van der Waals surface area contributed by atoms with Crippen molar-refractivity contribution < 1.29 is 0 Å². The Labute approximate surface area is 100 Å². The first-order valence-electron chi connectivity index (χ1n) is 5.40. The Morgan fingerprint density at radius 1 is 1.38 bits per heavy atom. The van der Waals surface area contributed by atoms with Crippen LogP contribution in [-0.2, 0) is 20.1 Å². The minimum Gasteiger partial charge on any atom is -0.353 e. The molecule has 0 fully saturated rings. The summed E-state index contributed by atoms with van der Waals surface area (Å²) in [6.07, 6.45) is 2.07. The van der Waals surface area contributed by atoms with E-state index in [0.29, 0.717) is 0 Å². The SMILES string of the molecule is Cc1nc(C)c(CNCc2cccn2C)s1. The maximum atomic E-state index is 4.42. The molecule has 0 aliphatic rings. The fourth-order valence-corrected chi connectivity index (χ4v) is 2.63. The first-order chi connectivity index (χ1) is 7.66. The van der Waals surface area contributed by atoms with Crippen LogP contribution in [0.25, 0.3) is 0 Å². The van der Waals surface area contributed by atoms with Crippen LogP contribution in [0.5, 0.6) is 0 Å². The molecule has 3 nitrogen and oxygen atoms in total. The highest BCUT2D eigenvalue weighted by Crippen LogP contribution is 2.16. The van der Waals surface area contributed by atoms with Crippen LogP contribution >= 0.6 is 11.3 Å². The van der Waals surface area contributed by atoms with Crippen molar-refractivity contribution in [1.29, 1.82) is 0 Å². The molecular formula is C12H17N3S. The molecule has 1 N–H and O–H groups in total. The lowest BCUT2D eigenvalue weighted by Gasteiger charge is -2.05. The summed E-state index contributed by atoms with van der Waals surface area (Å²) in [7, 11) is 2.07. The molecule has 0 radical (unpaired) electrons. The van der Waals surface area contributed by atoms with Gasteiger partial charge in [-0.15, -0.1) is 11.3 Å². The molecule has 16 heavy (non-hydrogen) atoms. The normalized spacial score (nSPS) is 10.9. The highest BCUT2D eigenvalue weighted by Gasteiger charge is 2.04. The number of aromatic nitrogens is 2. The maximum absolute atomic E-state index is 4.42. The zero-order chi connectivity index (χ0) is 11.5. The molecule has 2 aromatic heterocycles. The molecule has 4 heteroatoms. The third-order valence-electron chi connectivity index (χ3n) is 2.64. The smallest absolute Gasteiger partial charge is 0.0900 e. The topological polar surface area (TPSA) is 29.9 Å². The van der Waals surface area contributed by atoms with Gasteiger partial charge in [-0.25, -0.2) is 4.98 Å². The van der Waals surface area contributed by atoms with E-state index in [1.54, 1.807) is 11.3 Å². The molecule has 0 saturated carbocycles. The Morgan fingerprint density at radius 2 is 2.19 bits per heavy atom. The summed E-state index contributed by atoms with van der Waals surface area (Å²) in [4.78, 5) is 5.76. The summed E-state index contributed by atoms with van der Waals surface area (Å²) >= 11 is 1.78. The van der Waals surface area contributed by atoms with Crippen LogP contribution in [0.1, 0.15) is 21.3 Å². The van der Waals surface area contributed by atoms with Crippen LogP contribution < -0.4 is 5.32 Å². The number of thiazole rings is 1. The van der Waals surface area contributed by atoms with Gasteiger partial charge in [0, 0.05) is 36.9 Å². The number of hydrogen-bond acceptors (Lipinski definition) is 3. The van der Waals surface area contributed by atoms with E-state index in [9.17, 15) is 0 Å². The Hall–Kier alpha value is -1.13. The third-order valence-corrected chi connectivity index (χ3v) is 3.72. The van der Waals surface area contributed by atoms with Gasteiger partial charge < -0.3 is 9.88 Å². The standard InChI is InChI=1S/C12H17N3S/c1-9-12(16-10(2)14-9)8-13-7-11-5-4-6-15(11)3/h4-6,13H,7-8H2,1-3H3. The molecule has 0 amide bonds. The van der Waals surface area contributed by atoms with Crippen molar-refractivity contribution in [3.05, 3.63) is 39.6 Å². The fraction of sp³-hybridized carbons (Fsp3) is 0.417. The Kier molecular flexibility index (Phi) is 3.41. The van der Waals surface area contributed by atoms with Crippen molar-refractivity contribution in [2.75, 3.05) is 0 Å². The molecule has 86 valence electrons. The van der Waals surface area contributed by atoms with Gasteiger partial charge in [0.05, 0.1) is 10.7 Å². The molecule has 2 heterocycles. The zero-order valence-corrected chi connectivity index (χ0v) is 10.8. The van der Waals surface area contributed by atoms with E-state index >= 15 is 0 Å². The maximum Gasteiger partial charge on any atom is 0.0900 e. The van der Waals surface area contributed by atoms with E-state index in [-0.39, 0.29) is 0 Å². The van der Waals surface area contributed by atoms with Gasteiger partial charge in [-0.2, -0.15) is 0 Å². The van der Waals surface area contributed by atoms with Gasteiger partial charge in [0.25, 0.3) is 0 Å². The first kappa shape index (κ1) is 11.4. The first-order valence-corrected chi connectivity index (χ1v) is 6.22. The van der Waals surface area contributed by atoms with Crippen LogP contribution in [0.2, 0.25) is 0 Å². The number of aryl methyl sites for hydroxylation is 3. The van der Waals surface area contributed by atoms with Gasteiger partial charge in [-0.05, 0) is 26.0 Å². The van der Waals surface area contributed by atoms with E-state index in [0.717, 1.165) is 23.8 Å². The molecule has 0 aromatic carbocycles. The van der Waals surface area contributed by atoms with E-state index in [2.05, 4.69) is 54.1 Å². The molecule has 0 aliphatic carbocycles. The molecule has 0 bridgehead atoms. The molecule has 0 aliphatic heterocycles. The van der Waals surface area contributed by atoms with E-state index < -0.39 is 0 Å². The van der Waals surface area contributed by atoms with E-state index in [1.165, 1.54) is 10.6 Å². The lowest BCUT2D eigenvalue weighted by atomic mass is 10.3. The summed E-state index contributed by atoms with van der Waals surface area (Å²) in [5.74, 6) is 0. The van der Waals surface area contributed by atoms with Crippen molar-refractivity contribution >= 4 is 11.3 Å². The van der Waals surface area contributed by atoms with E-state index in [4.69, 9.17) is 0 Å². The van der Waals surface area contributed by atoms with E-state index in [1.807, 2.05) is 0 Å². The molecule has 0 spiro atoms. The molecule has 0 unspecified atom stereocenters. The van der Waals surface area contributed by atoms with Gasteiger partial charge in [-0.3, -0.25) is 0 Å².